The summed E-state index contributed by atoms with van der Waals surface area (Å²) in [6.07, 6.45) is 4.18. The SMILES string of the molecule is COC(=O)C1=C(C(=O)OC)[C@@H]2N[C@H]1C1=C2c2nc1c(-c1ccccc1)c1ccc([nH]1)c(-c1ccccc1)c1nc(c(-c3ccccc3)c3ccc([nH]3)c2-c2ccccc2)C=C1. The Hall–Kier alpha value is -7.88. The molecule has 11 rings (SSSR count). The van der Waals surface area contributed by atoms with E-state index < -0.39 is 24.0 Å². The Morgan fingerprint density at radius 2 is 0.770 bits per heavy atom. The molecule has 4 aromatic carbocycles. The number of carbonyl (C=O) groups excluding carboxylic acids is 2. The topological polar surface area (TPSA) is 122 Å². The van der Waals surface area contributed by atoms with Crippen LogP contribution in [-0.4, -0.2) is 58.2 Å². The van der Waals surface area contributed by atoms with Crippen LogP contribution >= 0.6 is 0 Å². The molecule has 0 unspecified atom stereocenters. The minimum Gasteiger partial charge on any atom is -0.466 e. The average molecular weight is 796 g/mol. The largest absolute Gasteiger partial charge is 0.466 e. The molecular formula is C52H37N5O4. The molecule has 7 aromatic rings. The maximum Gasteiger partial charge on any atom is 0.336 e. The lowest BCUT2D eigenvalue weighted by atomic mass is 9.82. The van der Waals surface area contributed by atoms with Gasteiger partial charge in [0.05, 0.1) is 60.2 Å². The second-order valence-electron chi connectivity index (χ2n) is 15.2. The highest BCUT2D eigenvalue weighted by molar-refractivity contribution is 6.19. The maximum absolute atomic E-state index is 13.8. The zero-order valence-corrected chi connectivity index (χ0v) is 33.2. The normalized spacial score (nSPS) is 16.2. The number of rotatable bonds is 6. The van der Waals surface area contributed by atoms with Gasteiger partial charge in [0.15, 0.2) is 0 Å². The molecule has 9 heteroatoms. The molecule has 294 valence electrons. The molecule has 0 saturated heterocycles. The first-order valence-corrected chi connectivity index (χ1v) is 20.1. The first-order chi connectivity index (χ1) is 30.0. The van der Waals surface area contributed by atoms with Crippen molar-refractivity contribution in [3.8, 4) is 44.5 Å². The number of ether oxygens (including phenoxy) is 2. The van der Waals surface area contributed by atoms with E-state index in [0.717, 1.165) is 89.1 Å². The predicted octanol–water partition coefficient (Wildman–Crippen LogP) is 10.1. The van der Waals surface area contributed by atoms with Crippen LogP contribution in [0, 0.1) is 0 Å². The van der Waals surface area contributed by atoms with Crippen molar-refractivity contribution in [1.82, 2.24) is 25.3 Å². The van der Waals surface area contributed by atoms with Gasteiger partial charge in [-0.3, -0.25) is 5.32 Å². The molecule has 0 amide bonds. The zero-order valence-electron chi connectivity index (χ0n) is 33.2. The summed E-state index contributed by atoms with van der Waals surface area (Å²) in [5.41, 5.74) is 15.8. The quantitative estimate of drug-likeness (QED) is 0.143. The molecule has 3 aromatic heterocycles. The lowest BCUT2D eigenvalue weighted by molar-refractivity contribution is -0.139. The lowest BCUT2D eigenvalue weighted by Crippen LogP contribution is -2.29. The highest BCUT2D eigenvalue weighted by Crippen LogP contribution is 2.54. The van der Waals surface area contributed by atoms with Crippen molar-refractivity contribution >= 4 is 57.3 Å². The number of H-pyrrole nitrogens is 2. The minimum absolute atomic E-state index is 0.223. The van der Waals surface area contributed by atoms with Gasteiger partial charge in [0.1, 0.15) is 0 Å². The van der Waals surface area contributed by atoms with Crippen molar-refractivity contribution in [3.05, 3.63) is 180 Å². The monoisotopic (exact) mass is 795 g/mol. The van der Waals surface area contributed by atoms with E-state index in [1.165, 1.54) is 14.2 Å². The molecule has 4 aliphatic heterocycles. The Bertz CT molecular complexity index is 3010. The number of esters is 2. The second kappa shape index (κ2) is 14.4. The Morgan fingerprint density at radius 3 is 1.11 bits per heavy atom. The number of benzene rings is 4. The van der Waals surface area contributed by atoms with Crippen LogP contribution < -0.4 is 5.32 Å². The molecule has 9 nitrogen and oxygen atoms in total. The van der Waals surface area contributed by atoms with E-state index in [1.807, 2.05) is 72.8 Å². The van der Waals surface area contributed by atoms with Gasteiger partial charge in [0.25, 0.3) is 0 Å². The molecule has 7 heterocycles. The average Bonchev–Trinajstić information content (AvgIpc) is 4.18. The van der Waals surface area contributed by atoms with Crippen LogP contribution in [0.5, 0.6) is 0 Å². The second-order valence-corrected chi connectivity index (χ2v) is 15.2. The highest BCUT2D eigenvalue weighted by Gasteiger charge is 2.54. The van der Waals surface area contributed by atoms with Crippen molar-refractivity contribution < 1.29 is 19.1 Å². The third kappa shape index (κ3) is 5.73. The Labute approximate surface area is 350 Å². The Morgan fingerprint density at radius 1 is 0.443 bits per heavy atom. The van der Waals surface area contributed by atoms with Crippen molar-refractivity contribution in [2.45, 2.75) is 12.1 Å². The van der Waals surface area contributed by atoms with Crippen LogP contribution in [0.1, 0.15) is 22.8 Å². The van der Waals surface area contributed by atoms with E-state index in [-0.39, 0.29) is 11.1 Å². The van der Waals surface area contributed by atoms with Gasteiger partial charge in [-0.05, 0) is 58.7 Å². The number of aromatic amines is 2. The Kier molecular flexibility index (Phi) is 8.57. The zero-order chi connectivity index (χ0) is 41.2. The van der Waals surface area contributed by atoms with Crippen molar-refractivity contribution in [2.75, 3.05) is 14.2 Å². The van der Waals surface area contributed by atoms with Gasteiger partial charge in [-0.15, -0.1) is 0 Å². The molecule has 0 aliphatic carbocycles. The van der Waals surface area contributed by atoms with E-state index in [0.29, 0.717) is 11.4 Å². The molecule has 3 N–H and O–H groups in total. The van der Waals surface area contributed by atoms with Gasteiger partial charge in [-0.25, -0.2) is 19.6 Å². The van der Waals surface area contributed by atoms with Gasteiger partial charge in [-0.2, -0.15) is 0 Å². The number of hydrogen-bond acceptors (Lipinski definition) is 7. The predicted molar refractivity (Wildman–Crippen MR) is 240 cm³/mol. The minimum atomic E-state index is -0.708. The highest BCUT2D eigenvalue weighted by atomic mass is 16.5. The fourth-order valence-corrected chi connectivity index (χ4v) is 9.38. The van der Waals surface area contributed by atoms with E-state index in [1.54, 1.807) is 0 Å². The molecule has 0 spiro atoms. The molecular weight excluding hydrogens is 759 g/mol. The molecule has 10 bridgehead atoms. The molecule has 0 fully saturated rings. The fraction of sp³-hybridized carbons (Fsp3) is 0.0769. The number of nitrogens with one attached hydrogen (secondary N) is 3. The molecule has 0 saturated carbocycles. The summed E-state index contributed by atoms with van der Waals surface area (Å²) < 4.78 is 10.7. The van der Waals surface area contributed by atoms with Crippen LogP contribution in [0.3, 0.4) is 0 Å². The number of methoxy groups -OCH3 is 2. The third-order valence-corrected chi connectivity index (χ3v) is 11.9. The summed E-state index contributed by atoms with van der Waals surface area (Å²) >= 11 is 0. The van der Waals surface area contributed by atoms with Gasteiger partial charge >= 0.3 is 11.9 Å². The van der Waals surface area contributed by atoms with E-state index in [9.17, 15) is 9.59 Å². The van der Waals surface area contributed by atoms with E-state index in [2.05, 4.69) is 100 Å². The first kappa shape index (κ1) is 36.2. The molecule has 2 atom stereocenters. The first-order valence-electron chi connectivity index (χ1n) is 20.1. The van der Waals surface area contributed by atoms with Gasteiger partial charge in [0, 0.05) is 55.5 Å². The molecule has 4 aliphatic rings. The van der Waals surface area contributed by atoms with Crippen LogP contribution in [0.4, 0.5) is 0 Å². The van der Waals surface area contributed by atoms with Crippen LogP contribution in [0.15, 0.2) is 157 Å². The number of carbonyl (C=O) groups is 2. The smallest absolute Gasteiger partial charge is 0.336 e. The summed E-state index contributed by atoms with van der Waals surface area (Å²) in [4.78, 5) is 46.2. The van der Waals surface area contributed by atoms with Crippen molar-refractivity contribution in [2.24, 2.45) is 0 Å². The van der Waals surface area contributed by atoms with Crippen molar-refractivity contribution in [3.63, 3.8) is 0 Å². The van der Waals surface area contributed by atoms with Gasteiger partial charge < -0.3 is 19.4 Å². The summed E-state index contributed by atoms with van der Waals surface area (Å²) in [6, 6.07) is 47.8. The Balaban J connectivity index is 1.36. The van der Waals surface area contributed by atoms with Gasteiger partial charge in [-0.1, -0.05) is 121 Å². The molecule has 0 radical (unpaired) electrons. The maximum atomic E-state index is 13.8. The van der Waals surface area contributed by atoms with E-state index >= 15 is 0 Å². The van der Waals surface area contributed by atoms with Crippen molar-refractivity contribution in [1.29, 1.82) is 0 Å². The number of fused-ring (bicyclic) bond motifs is 14. The van der Waals surface area contributed by atoms with Gasteiger partial charge in [0.2, 0.25) is 0 Å². The van der Waals surface area contributed by atoms with Crippen LogP contribution in [0.2, 0.25) is 0 Å². The molecule has 61 heavy (non-hydrogen) atoms. The fourth-order valence-electron chi connectivity index (χ4n) is 9.38. The number of nitrogens with zero attached hydrogens (tertiary/aromatic N) is 2. The third-order valence-electron chi connectivity index (χ3n) is 11.9. The lowest BCUT2D eigenvalue weighted by Gasteiger charge is -2.19. The van der Waals surface area contributed by atoms with Crippen LogP contribution in [0.25, 0.3) is 89.9 Å². The number of aromatic nitrogens is 4. The number of hydrogen-bond donors (Lipinski definition) is 3. The van der Waals surface area contributed by atoms with Crippen LogP contribution in [-0.2, 0) is 19.1 Å². The standard InChI is InChI=1S/C52H37N5O4/c1-60-51(58)45-46(52(59)61-2)50-44-43(49(45)57-50)47-41(31-19-11-5-12-20-31)37-27-25-35(54-37)39(29-15-7-3-8-16-29)33-23-24-34(53-33)40(30-17-9-4-10-18-30)36-26-28-38(55-36)42(48(44)56-47)32-21-13-6-14-22-32/h3-28,49-50,54-55,57H,1-2H3/t49-,50+. The summed E-state index contributed by atoms with van der Waals surface area (Å²) in [5.74, 6) is -1.20. The van der Waals surface area contributed by atoms with E-state index in [4.69, 9.17) is 19.4 Å². The summed E-state index contributed by atoms with van der Waals surface area (Å²) in [5, 5.41) is 3.63. The summed E-state index contributed by atoms with van der Waals surface area (Å²) in [7, 11) is 2.66. The summed E-state index contributed by atoms with van der Waals surface area (Å²) in [6.45, 7) is 0.